The van der Waals surface area contributed by atoms with Crippen LogP contribution in [0.5, 0.6) is 5.88 Å². The summed E-state index contributed by atoms with van der Waals surface area (Å²) in [6.07, 6.45) is 0. The first-order valence-corrected chi connectivity index (χ1v) is 5.28. The van der Waals surface area contributed by atoms with Gasteiger partial charge in [-0.1, -0.05) is 18.2 Å². The number of hydrogen-bond acceptors (Lipinski definition) is 4. The standard InChI is InChI=1S/C13H11N3O/c1-17-11-7-6-9-8-4-2-3-5-10(8)15-13(14)12(9)16-11/h2-7H,1H3,(H2,14,15). The minimum absolute atomic E-state index is 0.428. The maximum absolute atomic E-state index is 5.92. The van der Waals surface area contributed by atoms with Crippen molar-refractivity contribution in [2.45, 2.75) is 0 Å². The van der Waals surface area contributed by atoms with Gasteiger partial charge in [0.2, 0.25) is 5.88 Å². The highest BCUT2D eigenvalue weighted by molar-refractivity contribution is 6.08. The first-order valence-electron chi connectivity index (χ1n) is 5.28. The summed E-state index contributed by atoms with van der Waals surface area (Å²) < 4.78 is 5.09. The van der Waals surface area contributed by atoms with Gasteiger partial charge < -0.3 is 10.5 Å². The summed E-state index contributed by atoms with van der Waals surface area (Å²) in [4.78, 5) is 8.67. The van der Waals surface area contributed by atoms with Crippen molar-refractivity contribution in [3.63, 3.8) is 0 Å². The number of ether oxygens (including phenoxy) is 1. The Hall–Kier alpha value is -2.36. The van der Waals surface area contributed by atoms with Gasteiger partial charge in [-0.2, -0.15) is 0 Å². The molecule has 0 fully saturated rings. The number of rotatable bonds is 1. The lowest BCUT2D eigenvalue weighted by atomic mass is 10.1. The molecule has 4 heteroatoms. The summed E-state index contributed by atoms with van der Waals surface area (Å²) in [5, 5.41) is 2.04. The van der Waals surface area contributed by atoms with Gasteiger partial charge in [-0.05, 0) is 12.1 Å². The molecule has 0 unspecified atom stereocenters. The van der Waals surface area contributed by atoms with E-state index in [2.05, 4.69) is 9.97 Å². The fourth-order valence-corrected chi connectivity index (χ4v) is 1.95. The van der Waals surface area contributed by atoms with Crippen LogP contribution in [-0.4, -0.2) is 17.1 Å². The van der Waals surface area contributed by atoms with Crippen molar-refractivity contribution >= 4 is 27.6 Å². The van der Waals surface area contributed by atoms with E-state index in [9.17, 15) is 0 Å². The third-order valence-corrected chi connectivity index (χ3v) is 2.76. The second kappa shape index (κ2) is 3.59. The number of nitrogen functional groups attached to an aromatic ring is 1. The molecule has 0 aliphatic carbocycles. The average Bonchev–Trinajstić information content (AvgIpc) is 2.38. The highest BCUT2D eigenvalue weighted by Gasteiger charge is 2.07. The van der Waals surface area contributed by atoms with Gasteiger partial charge in [-0.3, -0.25) is 0 Å². The maximum Gasteiger partial charge on any atom is 0.213 e. The topological polar surface area (TPSA) is 61.0 Å². The average molecular weight is 225 g/mol. The minimum atomic E-state index is 0.428. The SMILES string of the molecule is COc1ccc2c(n1)c(N)nc1ccccc12. The van der Waals surface area contributed by atoms with E-state index in [4.69, 9.17) is 10.5 Å². The van der Waals surface area contributed by atoms with E-state index < -0.39 is 0 Å². The highest BCUT2D eigenvalue weighted by atomic mass is 16.5. The van der Waals surface area contributed by atoms with Crippen LogP contribution in [0.3, 0.4) is 0 Å². The van der Waals surface area contributed by atoms with Crippen molar-refractivity contribution in [1.29, 1.82) is 0 Å². The van der Waals surface area contributed by atoms with Gasteiger partial charge in [0.25, 0.3) is 0 Å². The molecule has 0 saturated heterocycles. The van der Waals surface area contributed by atoms with Crippen LogP contribution in [0, 0.1) is 0 Å². The number of pyridine rings is 2. The van der Waals surface area contributed by atoms with Crippen molar-refractivity contribution in [1.82, 2.24) is 9.97 Å². The highest BCUT2D eigenvalue weighted by Crippen LogP contribution is 2.27. The molecule has 84 valence electrons. The van der Waals surface area contributed by atoms with Crippen molar-refractivity contribution in [2.75, 3.05) is 12.8 Å². The molecule has 0 amide bonds. The van der Waals surface area contributed by atoms with E-state index in [1.165, 1.54) is 0 Å². The fourth-order valence-electron chi connectivity index (χ4n) is 1.95. The third-order valence-electron chi connectivity index (χ3n) is 2.76. The monoisotopic (exact) mass is 225 g/mol. The Bertz CT molecular complexity index is 709. The Labute approximate surface area is 98.1 Å². The van der Waals surface area contributed by atoms with E-state index in [1.54, 1.807) is 7.11 Å². The molecule has 0 atom stereocenters. The molecule has 1 aromatic carbocycles. The molecule has 17 heavy (non-hydrogen) atoms. The molecule has 2 aromatic heterocycles. The molecule has 4 nitrogen and oxygen atoms in total. The number of anilines is 1. The Morgan fingerprint density at radius 2 is 1.82 bits per heavy atom. The van der Waals surface area contributed by atoms with Crippen molar-refractivity contribution in [3.05, 3.63) is 36.4 Å². The minimum Gasteiger partial charge on any atom is -0.481 e. The van der Waals surface area contributed by atoms with Gasteiger partial charge in [-0.25, -0.2) is 9.97 Å². The molecule has 0 saturated carbocycles. The van der Waals surface area contributed by atoms with E-state index >= 15 is 0 Å². The Balaban J connectivity index is 2.49. The summed E-state index contributed by atoms with van der Waals surface area (Å²) in [7, 11) is 1.58. The second-order valence-corrected chi connectivity index (χ2v) is 3.76. The quantitative estimate of drug-likeness (QED) is 0.646. The number of nitrogens with two attached hydrogens (primary N) is 1. The number of fused-ring (bicyclic) bond motifs is 3. The predicted molar refractivity (Wildman–Crippen MR) is 68.0 cm³/mol. The smallest absolute Gasteiger partial charge is 0.213 e. The van der Waals surface area contributed by atoms with Crippen molar-refractivity contribution < 1.29 is 4.74 Å². The lowest BCUT2D eigenvalue weighted by Gasteiger charge is -2.06. The molecule has 3 rings (SSSR count). The third kappa shape index (κ3) is 1.45. The van der Waals surface area contributed by atoms with Crippen molar-refractivity contribution in [2.24, 2.45) is 0 Å². The normalized spacial score (nSPS) is 10.9. The number of methoxy groups -OCH3 is 1. The Morgan fingerprint density at radius 1 is 1.00 bits per heavy atom. The summed E-state index contributed by atoms with van der Waals surface area (Å²) in [6, 6.07) is 11.7. The summed E-state index contributed by atoms with van der Waals surface area (Å²) in [6.45, 7) is 0. The molecule has 2 heterocycles. The molecule has 0 aliphatic rings. The van der Waals surface area contributed by atoms with E-state index in [-0.39, 0.29) is 0 Å². The largest absolute Gasteiger partial charge is 0.481 e. The molecule has 0 aliphatic heterocycles. The van der Waals surface area contributed by atoms with Crippen LogP contribution in [0.25, 0.3) is 21.8 Å². The van der Waals surface area contributed by atoms with Crippen molar-refractivity contribution in [3.8, 4) is 5.88 Å². The summed E-state index contributed by atoms with van der Waals surface area (Å²) in [5.74, 6) is 0.971. The van der Waals surface area contributed by atoms with Gasteiger partial charge >= 0.3 is 0 Å². The van der Waals surface area contributed by atoms with Gasteiger partial charge in [0.05, 0.1) is 12.6 Å². The molecule has 3 aromatic rings. The van der Waals surface area contributed by atoms with Crippen LogP contribution in [0.2, 0.25) is 0 Å². The van der Waals surface area contributed by atoms with Crippen LogP contribution in [-0.2, 0) is 0 Å². The molecule has 2 N–H and O–H groups in total. The van der Waals surface area contributed by atoms with Gasteiger partial charge in [0.15, 0.2) is 5.82 Å². The van der Waals surface area contributed by atoms with Crippen LogP contribution in [0.1, 0.15) is 0 Å². The number of para-hydroxylation sites is 1. The molecule has 0 radical (unpaired) electrons. The Morgan fingerprint density at radius 3 is 2.65 bits per heavy atom. The van der Waals surface area contributed by atoms with Gasteiger partial charge in [0, 0.05) is 16.8 Å². The number of nitrogens with zero attached hydrogens (tertiary/aromatic N) is 2. The lowest BCUT2D eigenvalue weighted by Crippen LogP contribution is -1.96. The first-order chi connectivity index (χ1) is 8.29. The maximum atomic E-state index is 5.92. The van der Waals surface area contributed by atoms with Gasteiger partial charge in [0.1, 0.15) is 5.52 Å². The predicted octanol–water partition coefficient (Wildman–Crippen LogP) is 2.37. The number of aromatic nitrogens is 2. The van der Waals surface area contributed by atoms with Crippen LogP contribution >= 0.6 is 0 Å². The lowest BCUT2D eigenvalue weighted by molar-refractivity contribution is 0.399. The van der Waals surface area contributed by atoms with Crippen LogP contribution in [0.4, 0.5) is 5.82 Å². The molecular formula is C13H11N3O. The zero-order valence-electron chi connectivity index (χ0n) is 9.34. The van der Waals surface area contributed by atoms with E-state index in [0.717, 1.165) is 16.3 Å². The summed E-state index contributed by atoms with van der Waals surface area (Å²) >= 11 is 0. The van der Waals surface area contributed by atoms with E-state index in [1.807, 2.05) is 36.4 Å². The second-order valence-electron chi connectivity index (χ2n) is 3.76. The zero-order valence-corrected chi connectivity index (χ0v) is 9.34. The first kappa shape index (κ1) is 9.84. The Kier molecular flexibility index (Phi) is 2.08. The fraction of sp³-hybridized carbons (Fsp3) is 0.0769. The van der Waals surface area contributed by atoms with Crippen LogP contribution < -0.4 is 10.5 Å². The molecule has 0 spiro atoms. The number of hydrogen-bond donors (Lipinski definition) is 1. The van der Waals surface area contributed by atoms with Crippen LogP contribution in [0.15, 0.2) is 36.4 Å². The number of benzene rings is 1. The van der Waals surface area contributed by atoms with E-state index in [0.29, 0.717) is 17.2 Å². The zero-order chi connectivity index (χ0) is 11.8. The molecule has 0 bridgehead atoms. The van der Waals surface area contributed by atoms with Gasteiger partial charge in [-0.15, -0.1) is 0 Å². The molecular weight excluding hydrogens is 214 g/mol. The summed E-state index contributed by atoms with van der Waals surface area (Å²) in [5.41, 5.74) is 7.48.